The Balaban J connectivity index is 0.000000696. The predicted molar refractivity (Wildman–Crippen MR) is 125 cm³/mol. The third-order valence-corrected chi connectivity index (χ3v) is 6.34. The Morgan fingerprint density at radius 3 is 0.909 bits per heavy atom. The lowest BCUT2D eigenvalue weighted by Crippen LogP contribution is -2.05. The molecular formula is C24H27BF4O3S. The smallest absolute Gasteiger partial charge is 0.494 e. The Kier molecular flexibility index (Phi) is 10.4. The summed E-state index contributed by atoms with van der Waals surface area (Å²) in [6.07, 6.45) is 0. The summed E-state index contributed by atoms with van der Waals surface area (Å²) < 4.78 is 55.8. The normalized spacial score (nSPS) is 10.9. The summed E-state index contributed by atoms with van der Waals surface area (Å²) in [5.74, 6) is 2.69. The number of hydrogen-bond donors (Lipinski definition) is 0. The van der Waals surface area contributed by atoms with E-state index in [1.807, 2.05) is 57.2 Å². The lowest BCUT2D eigenvalue weighted by atomic mass is 10.3. The molecule has 0 saturated heterocycles. The minimum absolute atomic E-state index is 0.218. The summed E-state index contributed by atoms with van der Waals surface area (Å²) in [7, 11) is -6.22. The molecule has 0 heterocycles. The fourth-order valence-electron chi connectivity index (χ4n) is 2.92. The second-order valence-electron chi connectivity index (χ2n) is 6.51. The lowest BCUT2D eigenvalue weighted by molar-refractivity contribution is 0.340. The van der Waals surface area contributed by atoms with Gasteiger partial charge in [-0.25, -0.2) is 0 Å². The fraction of sp³-hybridized carbons (Fsp3) is 0.250. The highest BCUT2D eigenvalue weighted by Gasteiger charge is 2.29. The molecule has 3 aromatic rings. The van der Waals surface area contributed by atoms with Gasteiger partial charge in [0.1, 0.15) is 17.2 Å². The molecule has 3 nitrogen and oxygen atoms in total. The molecule has 9 heteroatoms. The highest BCUT2D eigenvalue weighted by atomic mass is 32.2. The quantitative estimate of drug-likeness (QED) is 0.182. The van der Waals surface area contributed by atoms with Gasteiger partial charge in [-0.05, 0) is 93.6 Å². The van der Waals surface area contributed by atoms with Gasteiger partial charge < -0.3 is 31.5 Å². The molecule has 3 aromatic carbocycles. The first-order chi connectivity index (χ1) is 15.7. The van der Waals surface area contributed by atoms with Crippen molar-refractivity contribution < 1.29 is 31.5 Å². The van der Waals surface area contributed by atoms with E-state index in [9.17, 15) is 17.3 Å². The first-order valence-electron chi connectivity index (χ1n) is 10.5. The molecule has 0 aliphatic heterocycles. The van der Waals surface area contributed by atoms with Crippen molar-refractivity contribution in [3.63, 3.8) is 0 Å². The van der Waals surface area contributed by atoms with E-state index in [1.54, 1.807) is 0 Å². The van der Waals surface area contributed by atoms with E-state index in [0.717, 1.165) is 17.2 Å². The Labute approximate surface area is 195 Å². The van der Waals surface area contributed by atoms with Crippen molar-refractivity contribution in [2.24, 2.45) is 0 Å². The molecule has 0 aliphatic carbocycles. The van der Waals surface area contributed by atoms with E-state index in [-0.39, 0.29) is 10.9 Å². The molecule has 0 amide bonds. The summed E-state index contributed by atoms with van der Waals surface area (Å²) in [6.45, 7) is 8.00. The summed E-state index contributed by atoms with van der Waals surface area (Å²) in [5.41, 5.74) is 0. The second-order valence-corrected chi connectivity index (χ2v) is 8.54. The van der Waals surface area contributed by atoms with Gasteiger partial charge in [-0.2, -0.15) is 0 Å². The molecule has 0 spiro atoms. The molecule has 3 rings (SSSR count). The second kappa shape index (κ2) is 13.0. The van der Waals surface area contributed by atoms with Crippen molar-refractivity contribution in [2.75, 3.05) is 19.8 Å². The third kappa shape index (κ3) is 9.30. The number of halogens is 4. The Morgan fingerprint density at radius 2 is 0.727 bits per heavy atom. The number of ether oxygens (including phenoxy) is 3. The van der Waals surface area contributed by atoms with Crippen molar-refractivity contribution in [1.29, 1.82) is 0 Å². The van der Waals surface area contributed by atoms with Gasteiger partial charge in [0.05, 0.1) is 30.7 Å². The van der Waals surface area contributed by atoms with Gasteiger partial charge in [-0.3, -0.25) is 0 Å². The van der Waals surface area contributed by atoms with Crippen molar-refractivity contribution >= 4 is 18.1 Å². The monoisotopic (exact) mass is 482 g/mol. The van der Waals surface area contributed by atoms with Crippen molar-refractivity contribution in [3.05, 3.63) is 72.8 Å². The Hall–Kier alpha value is -2.81. The van der Waals surface area contributed by atoms with E-state index in [2.05, 4.69) is 36.4 Å². The van der Waals surface area contributed by atoms with Crippen LogP contribution >= 0.6 is 0 Å². The molecule has 178 valence electrons. The van der Waals surface area contributed by atoms with Gasteiger partial charge in [-0.1, -0.05) is 0 Å². The van der Waals surface area contributed by atoms with Crippen LogP contribution in [0.15, 0.2) is 87.5 Å². The fourth-order valence-corrected chi connectivity index (χ4v) is 4.97. The van der Waals surface area contributed by atoms with Crippen LogP contribution in [0.2, 0.25) is 0 Å². The van der Waals surface area contributed by atoms with E-state index in [4.69, 9.17) is 14.2 Å². The van der Waals surface area contributed by atoms with Crippen molar-refractivity contribution in [3.8, 4) is 17.2 Å². The lowest BCUT2D eigenvalue weighted by Gasteiger charge is -2.11. The molecule has 0 aliphatic rings. The predicted octanol–water partition coefficient (Wildman–Crippen LogP) is 7.28. The maximum Gasteiger partial charge on any atom is 0.673 e. The van der Waals surface area contributed by atoms with Gasteiger partial charge in [0.15, 0.2) is 14.7 Å². The van der Waals surface area contributed by atoms with Gasteiger partial charge in [-0.15, -0.1) is 0 Å². The summed E-state index contributed by atoms with van der Waals surface area (Å²) in [6, 6.07) is 25.2. The number of rotatable bonds is 9. The minimum Gasteiger partial charge on any atom is -0.494 e. The van der Waals surface area contributed by atoms with Crippen LogP contribution < -0.4 is 14.2 Å². The highest BCUT2D eigenvalue weighted by molar-refractivity contribution is 7.97. The molecular weight excluding hydrogens is 455 g/mol. The van der Waals surface area contributed by atoms with Gasteiger partial charge in [0, 0.05) is 0 Å². The molecule has 0 saturated carbocycles. The molecule has 0 N–H and O–H groups in total. The SMILES string of the molecule is CCOc1ccc([S+](c2ccc(OCC)cc2)c2ccc(OCC)cc2)cc1.F[B-](F)(F)F. The molecule has 0 atom stereocenters. The molecule has 0 radical (unpaired) electrons. The molecule has 0 unspecified atom stereocenters. The largest absolute Gasteiger partial charge is 0.673 e. The number of benzene rings is 3. The molecule has 0 aromatic heterocycles. The van der Waals surface area contributed by atoms with Gasteiger partial charge >= 0.3 is 7.25 Å². The summed E-state index contributed by atoms with van der Waals surface area (Å²) in [5, 5.41) is 0. The van der Waals surface area contributed by atoms with Crippen molar-refractivity contribution in [1.82, 2.24) is 0 Å². The summed E-state index contributed by atoms with van der Waals surface area (Å²) >= 11 is 0. The first-order valence-corrected chi connectivity index (χ1v) is 11.8. The molecule has 0 fully saturated rings. The minimum atomic E-state index is -6.00. The van der Waals surface area contributed by atoms with E-state index in [1.165, 1.54) is 14.7 Å². The van der Waals surface area contributed by atoms with E-state index >= 15 is 0 Å². The Morgan fingerprint density at radius 1 is 0.515 bits per heavy atom. The standard InChI is InChI=1S/C24H27O3S.BF4/c1-4-25-19-7-13-22(14-8-19)28(23-15-9-20(10-16-23)26-5-2)24-17-11-21(12-18-24)27-6-3;2-1(3,4)5/h7-18H,4-6H2,1-3H3;/q+1;-1. The average Bonchev–Trinajstić information content (AvgIpc) is 2.77. The van der Waals surface area contributed by atoms with E-state index in [0.29, 0.717) is 19.8 Å². The number of hydrogen-bond acceptors (Lipinski definition) is 3. The van der Waals surface area contributed by atoms with Crippen LogP contribution in [-0.2, 0) is 10.9 Å². The first kappa shape index (κ1) is 26.4. The van der Waals surface area contributed by atoms with Gasteiger partial charge in [0.25, 0.3) is 0 Å². The zero-order valence-corrected chi connectivity index (χ0v) is 19.6. The molecule has 33 heavy (non-hydrogen) atoms. The molecule has 0 bridgehead atoms. The van der Waals surface area contributed by atoms with Crippen LogP contribution in [0.4, 0.5) is 17.3 Å². The zero-order chi connectivity index (χ0) is 24.3. The van der Waals surface area contributed by atoms with Gasteiger partial charge in [0.2, 0.25) is 0 Å². The summed E-state index contributed by atoms with van der Waals surface area (Å²) in [4.78, 5) is 3.74. The topological polar surface area (TPSA) is 27.7 Å². The highest BCUT2D eigenvalue weighted by Crippen LogP contribution is 2.34. The third-order valence-electron chi connectivity index (χ3n) is 4.11. The van der Waals surface area contributed by atoms with Crippen LogP contribution in [0.1, 0.15) is 20.8 Å². The van der Waals surface area contributed by atoms with Crippen LogP contribution in [0.25, 0.3) is 0 Å². The zero-order valence-electron chi connectivity index (χ0n) is 18.8. The van der Waals surface area contributed by atoms with Crippen LogP contribution in [-0.4, -0.2) is 27.1 Å². The van der Waals surface area contributed by atoms with Crippen LogP contribution in [0.5, 0.6) is 17.2 Å². The van der Waals surface area contributed by atoms with E-state index < -0.39 is 7.25 Å². The Bertz CT molecular complexity index is 826. The van der Waals surface area contributed by atoms with Crippen LogP contribution in [0, 0.1) is 0 Å². The van der Waals surface area contributed by atoms with Crippen molar-refractivity contribution in [2.45, 2.75) is 35.5 Å². The maximum atomic E-state index is 9.75. The average molecular weight is 482 g/mol. The maximum absolute atomic E-state index is 9.75. The van der Waals surface area contributed by atoms with Crippen LogP contribution in [0.3, 0.4) is 0 Å².